The molecule has 18 heavy (non-hydrogen) atoms. The molecule has 1 fully saturated rings. The second kappa shape index (κ2) is 6.16. The Morgan fingerprint density at radius 3 is 2.94 bits per heavy atom. The predicted molar refractivity (Wildman–Crippen MR) is 70.3 cm³/mol. The van der Waals surface area contributed by atoms with Crippen LogP contribution in [0.1, 0.15) is 18.4 Å². The lowest BCUT2D eigenvalue weighted by Crippen LogP contribution is -2.43. The lowest BCUT2D eigenvalue weighted by atomic mass is 10.1. The molecule has 0 amide bonds. The highest BCUT2D eigenvalue weighted by molar-refractivity contribution is 5.29. The van der Waals surface area contributed by atoms with Gasteiger partial charge in [-0.25, -0.2) is 4.39 Å². The van der Waals surface area contributed by atoms with Crippen molar-refractivity contribution in [2.75, 3.05) is 27.2 Å². The van der Waals surface area contributed by atoms with E-state index in [-0.39, 0.29) is 5.82 Å². The van der Waals surface area contributed by atoms with Crippen LogP contribution in [0.5, 0.6) is 5.75 Å². The molecule has 1 N–H and O–H groups in total. The first-order chi connectivity index (χ1) is 8.70. The predicted octanol–water partition coefficient (Wildman–Crippen LogP) is 2.02. The van der Waals surface area contributed by atoms with Gasteiger partial charge < -0.3 is 10.1 Å². The van der Waals surface area contributed by atoms with E-state index in [1.807, 2.05) is 6.07 Å². The summed E-state index contributed by atoms with van der Waals surface area (Å²) in [6.07, 6.45) is 2.42. The Bertz CT molecular complexity index is 391. The smallest absolute Gasteiger partial charge is 0.165 e. The van der Waals surface area contributed by atoms with Crippen molar-refractivity contribution in [1.82, 2.24) is 10.2 Å². The Hall–Kier alpha value is -1.13. The Morgan fingerprint density at radius 2 is 2.33 bits per heavy atom. The normalized spacial score (nSPS) is 20.1. The number of nitrogens with one attached hydrogen (secondary N) is 1. The second-order valence-corrected chi connectivity index (χ2v) is 4.88. The number of benzene rings is 1. The minimum absolute atomic E-state index is 0.287. The molecule has 1 aromatic rings. The van der Waals surface area contributed by atoms with E-state index in [9.17, 15) is 4.39 Å². The Labute approximate surface area is 108 Å². The zero-order valence-electron chi connectivity index (χ0n) is 11.1. The summed E-state index contributed by atoms with van der Waals surface area (Å²) >= 11 is 0. The number of ether oxygens (including phenoxy) is 1. The Morgan fingerprint density at radius 1 is 1.50 bits per heavy atom. The van der Waals surface area contributed by atoms with Crippen molar-refractivity contribution in [2.24, 2.45) is 0 Å². The van der Waals surface area contributed by atoms with Gasteiger partial charge in [-0.15, -0.1) is 0 Å². The minimum Gasteiger partial charge on any atom is -0.494 e. The first-order valence-electron chi connectivity index (χ1n) is 6.44. The van der Waals surface area contributed by atoms with E-state index in [0.717, 1.165) is 25.2 Å². The van der Waals surface area contributed by atoms with E-state index in [1.54, 1.807) is 12.1 Å². The van der Waals surface area contributed by atoms with Gasteiger partial charge in [0.05, 0.1) is 7.11 Å². The van der Waals surface area contributed by atoms with Crippen LogP contribution >= 0.6 is 0 Å². The van der Waals surface area contributed by atoms with Crippen LogP contribution in [0.25, 0.3) is 0 Å². The molecule has 4 heteroatoms. The number of methoxy groups -OCH3 is 1. The van der Waals surface area contributed by atoms with E-state index in [1.165, 1.54) is 20.0 Å². The molecule has 0 bridgehead atoms. The molecular weight excluding hydrogens is 231 g/mol. The van der Waals surface area contributed by atoms with E-state index >= 15 is 0 Å². The summed E-state index contributed by atoms with van der Waals surface area (Å²) in [4.78, 5) is 2.29. The zero-order valence-corrected chi connectivity index (χ0v) is 11.1. The van der Waals surface area contributed by atoms with Gasteiger partial charge >= 0.3 is 0 Å². The summed E-state index contributed by atoms with van der Waals surface area (Å²) in [5.74, 6) is 0.0194. The lowest BCUT2D eigenvalue weighted by Gasteiger charge is -2.31. The summed E-state index contributed by atoms with van der Waals surface area (Å²) in [6, 6.07) is 5.72. The van der Waals surface area contributed by atoms with Gasteiger partial charge in [-0.1, -0.05) is 6.07 Å². The summed E-state index contributed by atoms with van der Waals surface area (Å²) in [6.45, 7) is 2.91. The summed E-state index contributed by atoms with van der Waals surface area (Å²) < 4.78 is 18.5. The third kappa shape index (κ3) is 3.21. The van der Waals surface area contributed by atoms with Crippen molar-refractivity contribution in [3.63, 3.8) is 0 Å². The van der Waals surface area contributed by atoms with Crippen LogP contribution in [0.15, 0.2) is 18.2 Å². The fourth-order valence-electron chi connectivity index (χ4n) is 2.43. The molecule has 0 saturated carbocycles. The Kier molecular flexibility index (Phi) is 4.55. The van der Waals surface area contributed by atoms with Crippen molar-refractivity contribution < 1.29 is 9.13 Å². The average Bonchev–Trinajstić information content (AvgIpc) is 2.40. The fraction of sp³-hybridized carbons (Fsp3) is 0.571. The molecule has 1 aliphatic rings. The van der Waals surface area contributed by atoms with Crippen LogP contribution < -0.4 is 10.1 Å². The maximum atomic E-state index is 13.6. The zero-order chi connectivity index (χ0) is 13.0. The molecule has 3 nitrogen and oxygen atoms in total. The lowest BCUT2D eigenvalue weighted by molar-refractivity contribution is 0.195. The van der Waals surface area contributed by atoms with Crippen LogP contribution in [0.3, 0.4) is 0 Å². The van der Waals surface area contributed by atoms with Crippen LogP contribution in [-0.4, -0.2) is 38.2 Å². The topological polar surface area (TPSA) is 24.5 Å². The van der Waals surface area contributed by atoms with E-state index in [2.05, 4.69) is 17.3 Å². The van der Waals surface area contributed by atoms with Gasteiger partial charge in [-0.05, 0) is 44.1 Å². The molecule has 1 aromatic carbocycles. The first-order valence-corrected chi connectivity index (χ1v) is 6.44. The van der Waals surface area contributed by atoms with Crippen LogP contribution in [-0.2, 0) is 6.54 Å². The third-order valence-corrected chi connectivity index (χ3v) is 3.54. The molecule has 1 saturated heterocycles. The number of rotatable bonds is 4. The molecule has 100 valence electrons. The van der Waals surface area contributed by atoms with Gasteiger partial charge in [0.2, 0.25) is 0 Å². The second-order valence-electron chi connectivity index (χ2n) is 4.88. The van der Waals surface area contributed by atoms with Crippen molar-refractivity contribution in [3.8, 4) is 5.75 Å². The molecule has 1 atom stereocenters. The molecule has 0 aromatic heterocycles. The molecule has 2 rings (SSSR count). The van der Waals surface area contributed by atoms with Gasteiger partial charge in [0.25, 0.3) is 0 Å². The van der Waals surface area contributed by atoms with Gasteiger partial charge in [0.1, 0.15) is 0 Å². The van der Waals surface area contributed by atoms with Gasteiger partial charge in [0.15, 0.2) is 11.6 Å². The molecule has 1 heterocycles. The SMILES string of the molecule is COc1ccc(CN(C)C2CCCNC2)cc1F. The average molecular weight is 252 g/mol. The van der Waals surface area contributed by atoms with Crippen molar-refractivity contribution in [2.45, 2.75) is 25.4 Å². The molecule has 0 aliphatic carbocycles. The van der Waals surface area contributed by atoms with Crippen LogP contribution in [0, 0.1) is 5.82 Å². The molecule has 1 unspecified atom stereocenters. The van der Waals surface area contributed by atoms with Crippen molar-refractivity contribution in [3.05, 3.63) is 29.6 Å². The number of nitrogens with zero attached hydrogens (tertiary/aromatic N) is 1. The molecule has 1 aliphatic heterocycles. The van der Waals surface area contributed by atoms with Crippen molar-refractivity contribution in [1.29, 1.82) is 0 Å². The first kappa shape index (κ1) is 13.3. The van der Waals surface area contributed by atoms with Crippen LogP contribution in [0.4, 0.5) is 4.39 Å². The third-order valence-electron chi connectivity index (χ3n) is 3.54. The number of piperidine rings is 1. The number of hydrogen-bond donors (Lipinski definition) is 1. The molecule has 0 spiro atoms. The number of likely N-dealkylation sites (N-methyl/N-ethyl adjacent to an activating group) is 1. The number of hydrogen-bond acceptors (Lipinski definition) is 3. The maximum absolute atomic E-state index is 13.6. The van der Waals surface area contributed by atoms with Crippen LogP contribution in [0.2, 0.25) is 0 Å². The highest BCUT2D eigenvalue weighted by atomic mass is 19.1. The highest BCUT2D eigenvalue weighted by Crippen LogP contribution is 2.19. The minimum atomic E-state index is -0.287. The fourth-order valence-corrected chi connectivity index (χ4v) is 2.43. The van der Waals surface area contributed by atoms with E-state index in [0.29, 0.717) is 11.8 Å². The maximum Gasteiger partial charge on any atom is 0.165 e. The summed E-state index contributed by atoms with van der Waals surface area (Å²) in [7, 11) is 3.58. The van der Waals surface area contributed by atoms with E-state index in [4.69, 9.17) is 4.74 Å². The standard InChI is InChI=1S/C14H21FN2O/c1-17(12-4-3-7-16-9-12)10-11-5-6-14(18-2)13(15)8-11/h5-6,8,12,16H,3-4,7,9-10H2,1-2H3. The molecule has 0 radical (unpaired) electrons. The summed E-state index contributed by atoms with van der Waals surface area (Å²) in [5, 5.41) is 3.40. The van der Waals surface area contributed by atoms with Gasteiger partial charge in [-0.3, -0.25) is 4.90 Å². The van der Waals surface area contributed by atoms with E-state index < -0.39 is 0 Å². The summed E-state index contributed by atoms with van der Waals surface area (Å²) in [5.41, 5.74) is 0.987. The quantitative estimate of drug-likeness (QED) is 0.887. The largest absolute Gasteiger partial charge is 0.494 e. The highest BCUT2D eigenvalue weighted by Gasteiger charge is 2.17. The molecular formula is C14H21FN2O. The monoisotopic (exact) mass is 252 g/mol. The van der Waals surface area contributed by atoms with Crippen molar-refractivity contribution >= 4 is 0 Å². The Balaban J connectivity index is 1.97. The van der Waals surface area contributed by atoms with Gasteiger partial charge in [0, 0.05) is 19.1 Å². The number of halogens is 1. The van der Waals surface area contributed by atoms with Gasteiger partial charge in [-0.2, -0.15) is 0 Å².